The van der Waals surface area contributed by atoms with E-state index in [1.807, 2.05) is 6.92 Å². The molecule has 7 heteroatoms. The summed E-state index contributed by atoms with van der Waals surface area (Å²) in [6.45, 7) is 4.26. The number of furan rings is 1. The third-order valence-electron chi connectivity index (χ3n) is 3.43. The molecule has 0 saturated carbocycles. The van der Waals surface area contributed by atoms with Gasteiger partial charge >= 0.3 is 0 Å². The molecule has 23 heavy (non-hydrogen) atoms. The Labute approximate surface area is 136 Å². The maximum atomic E-state index is 12.2. The Morgan fingerprint density at radius 3 is 2.43 bits per heavy atom. The predicted octanol–water partition coefficient (Wildman–Crippen LogP) is 1.79. The first kappa shape index (κ1) is 17.7. The molecule has 126 valence electrons. The standard InChI is InChI=1S/C16H22N2O4S/c1-12(19)10-17-13(2)14-5-7-16(8-6-14)23(20,21)18-11-15-4-3-9-22-15/h3-9,12-13,17-19H,10-11H2,1-2H3. The summed E-state index contributed by atoms with van der Waals surface area (Å²) in [5.74, 6) is 0.557. The first-order valence-electron chi connectivity index (χ1n) is 7.42. The highest BCUT2D eigenvalue weighted by atomic mass is 32.2. The monoisotopic (exact) mass is 338 g/mol. The molecular weight excluding hydrogens is 316 g/mol. The second kappa shape index (κ2) is 7.74. The first-order chi connectivity index (χ1) is 10.9. The smallest absolute Gasteiger partial charge is 0.240 e. The fourth-order valence-electron chi connectivity index (χ4n) is 2.06. The van der Waals surface area contributed by atoms with Gasteiger partial charge in [0.2, 0.25) is 10.0 Å². The van der Waals surface area contributed by atoms with Gasteiger partial charge in [0.05, 0.1) is 23.8 Å². The third kappa shape index (κ3) is 5.18. The van der Waals surface area contributed by atoms with Crippen LogP contribution in [0.3, 0.4) is 0 Å². The van der Waals surface area contributed by atoms with Gasteiger partial charge in [-0.1, -0.05) is 12.1 Å². The quantitative estimate of drug-likeness (QED) is 0.682. The minimum atomic E-state index is -3.57. The summed E-state index contributed by atoms with van der Waals surface area (Å²) in [5.41, 5.74) is 0.954. The van der Waals surface area contributed by atoms with E-state index in [0.29, 0.717) is 12.3 Å². The zero-order chi connectivity index (χ0) is 16.9. The zero-order valence-corrected chi connectivity index (χ0v) is 14.0. The Morgan fingerprint density at radius 2 is 1.87 bits per heavy atom. The molecule has 0 radical (unpaired) electrons. The van der Waals surface area contributed by atoms with Crippen molar-refractivity contribution in [1.29, 1.82) is 0 Å². The van der Waals surface area contributed by atoms with Crippen LogP contribution in [0, 0.1) is 0 Å². The summed E-state index contributed by atoms with van der Waals surface area (Å²) in [5, 5.41) is 12.5. The van der Waals surface area contributed by atoms with E-state index in [1.165, 1.54) is 6.26 Å². The van der Waals surface area contributed by atoms with Crippen LogP contribution in [0.15, 0.2) is 52.0 Å². The van der Waals surface area contributed by atoms with Gasteiger partial charge in [-0.2, -0.15) is 0 Å². The summed E-state index contributed by atoms with van der Waals surface area (Å²) < 4.78 is 32.0. The van der Waals surface area contributed by atoms with Crippen molar-refractivity contribution >= 4 is 10.0 Å². The van der Waals surface area contributed by atoms with Crippen LogP contribution in [0.25, 0.3) is 0 Å². The summed E-state index contributed by atoms with van der Waals surface area (Å²) >= 11 is 0. The van der Waals surface area contributed by atoms with Gasteiger partial charge in [0.1, 0.15) is 5.76 Å². The molecule has 1 aromatic heterocycles. The van der Waals surface area contributed by atoms with E-state index in [2.05, 4.69) is 10.0 Å². The lowest BCUT2D eigenvalue weighted by molar-refractivity contribution is 0.187. The average Bonchev–Trinajstić information content (AvgIpc) is 3.04. The number of nitrogens with one attached hydrogen (secondary N) is 2. The second-order valence-electron chi connectivity index (χ2n) is 5.45. The average molecular weight is 338 g/mol. The van der Waals surface area contributed by atoms with Gasteiger partial charge in [-0.05, 0) is 43.7 Å². The van der Waals surface area contributed by atoms with Crippen LogP contribution in [0.1, 0.15) is 31.2 Å². The van der Waals surface area contributed by atoms with E-state index >= 15 is 0 Å². The summed E-state index contributed by atoms with van der Waals surface area (Å²) in [6.07, 6.45) is 1.07. The molecule has 2 aromatic rings. The Balaban J connectivity index is 2.00. The Bertz CT molecular complexity index is 694. The molecule has 0 amide bonds. The molecule has 2 rings (SSSR count). The minimum Gasteiger partial charge on any atom is -0.468 e. The lowest BCUT2D eigenvalue weighted by Crippen LogP contribution is -2.27. The predicted molar refractivity (Wildman–Crippen MR) is 87.3 cm³/mol. The van der Waals surface area contributed by atoms with Crippen LogP contribution in [0.2, 0.25) is 0 Å². The van der Waals surface area contributed by atoms with Gasteiger partial charge in [0.15, 0.2) is 0 Å². The largest absolute Gasteiger partial charge is 0.468 e. The van der Waals surface area contributed by atoms with Crippen molar-refractivity contribution in [2.24, 2.45) is 0 Å². The molecule has 0 aliphatic carbocycles. The lowest BCUT2D eigenvalue weighted by Gasteiger charge is -2.16. The van der Waals surface area contributed by atoms with Crippen molar-refractivity contribution in [3.63, 3.8) is 0 Å². The van der Waals surface area contributed by atoms with E-state index in [-0.39, 0.29) is 17.5 Å². The highest BCUT2D eigenvalue weighted by Gasteiger charge is 2.15. The SMILES string of the molecule is CC(O)CNC(C)c1ccc(S(=O)(=O)NCc2ccco2)cc1. The van der Waals surface area contributed by atoms with Crippen LogP contribution in [0.5, 0.6) is 0 Å². The van der Waals surface area contributed by atoms with E-state index in [9.17, 15) is 13.5 Å². The van der Waals surface area contributed by atoms with Crippen LogP contribution in [-0.2, 0) is 16.6 Å². The number of rotatable bonds is 8. The number of benzene rings is 1. The lowest BCUT2D eigenvalue weighted by atomic mass is 10.1. The van der Waals surface area contributed by atoms with Gasteiger partial charge < -0.3 is 14.8 Å². The van der Waals surface area contributed by atoms with Crippen molar-refractivity contribution in [1.82, 2.24) is 10.0 Å². The topological polar surface area (TPSA) is 91.6 Å². The van der Waals surface area contributed by atoms with Crippen molar-refractivity contribution in [2.45, 2.75) is 37.4 Å². The fourth-order valence-corrected chi connectivity index (χ4v) is 3.06. The Morgan fingerprint density at radius 1 is 1.17 bits per heavy atom. The molecule has 0 bridgehead atoms. The molecule has 1 heterocycles. The van der Waals surface area contributed by atoms with E-state index < -0.39 is 16.1 Å². The number of aliphatic hydroxyl groups excluding tert-OH is 1. The molecule has 1 aromatic carbocycles. The summed E-state index contributed by atoms with van der Waals surface area (Å²) in [4.78, 5) is 0.204. The molecule has 0 aliphatic rings. The normalized spacial score (nSPS) is 14.6. The van der Waals surface area contributed by atoms with Gasteiger partial charge in [-0.25, -0.2) is 13.1 Å². The third-order valence-corrected chi connectivity index (χ3v) is 4.84. The highest BCUT2D eigenvalue weighted by molar-refractivity contribution is 7.89. The molecule has 2 atom stereocenters. The molecule has 0 fully saturated rings. The van der Waals surface area contributed by atoms with Crippen LogP contribution >= 0.6 is 0 Å². The van der Waals surface area contributed by atoms with Gasteiger partial charge in [-0.15, -0.1) is 0 Å². The van der Waals surface area contributed by atoms with Crippen LogP contribution in [-0.4, -0.2) is 26.2 Å². The second-order valence-corrected chi connectivity index (χ2v) is 7.22. The van der Waals surface area contributed by atoms with Crippen molar-refractivity contribution in [2.75, 3.05) is 6.54 Å². The molecule has 0 spiro atoms. The number of hydrogen-bond donors (Lipinski definition) is 3. The molecule has 2 unspecified atom stereocenters. The maximum absolute atomic E-state index is 12.2. The Hall–Kier alpha value is -1.67. The minimum absolute atomic E-state index is 0.0254. The van der Waals surface area contributed by atoms with E-state index in [0.717, 1.165) is 5.56 Å². The van der Waals surface area contributed by atoms with Crippen molar-refractivity contribution < 1.29 is 17.9 Å². The first-order valence-corrected chi connectivity index (χ1v) is 8.90. The molecule has 0 aliphatic heterocycles. The molecule has 0 saturated heterocycles. The van der Waals surface area contributed by atoms with E-state index in [1.54, 1.807) is 43.3 Å². The van der Waals surface area contributed by atoms with Crippen LogP contribution in [0.4, 0.5) is 0 Å². The Kier molecular flexibility index (Phi) is 5.95. The number of hydrogen-bond acceptors (Lipinski definition) is 5. The zero-order valence-electron chi connectivity index (χ0n) is 13.2. The maximum Gasteiger partial charge on any atom is 0.240 e. The summed E-state index contributed by atoms with van der Waals surface area (Å²) in [6, 6.07) is 10.1. The van der Waals surface area contributed by atoms with Crippen molar-refractivity contribution in [3.8, 4) is 0 Å². The number of sulfonamides is 1. The molecular formula is C16H22N2O4S. The fraction of sp³-hybridized carbons (Fsp3) is 0.375. The van der Waals surface area contributed by atoms with Gasteiger partial charge in [-0.3, -0.25) is 0 Å². The molecule has 3 N–H and O–H groups in total. The van der Waals surface area contributed by atoms with E-state index in [4.69, 9.17) is 4.42 Å². The number of aliphatic hydroxyl groups is 1. The summed E-state index contributed by atoms with van der Waals surface area (Å²) in [7, 11) is -3.57. The van der Waals surface area contributed by atoms with Gasteiger partial charge in [0, 0.05) is 12.6 Å². The van der Waals surface area contributed by atoms with Crippen molar-refractivity contribution in [3.05, 3.63) is 54.0 Å². The van der Waals surface area contributed by atoms with Gasteiger partial charge in [0.25, 0.3) is 0 Å². The van der Waals surface area contributed by atoms with Crippen LogP contribution < -0.4 is 10.0 Å². The molecule has 6 nitrogen and oxygen atoms in total. The highest BCUT2D eigenvalue weighted by Crippen LogP contribution is 2.16.